The standard InChI is InChI=1S/C9H7NO2/c11-10-6-7-1-2-8-3-4-12-9(8)5-7/h1-6,11H/b10-6+. The first-order chi connectivity index (χ1) is 5.90. The van der Waals surface area contributed by atoms with Crippen LogP contribution in [0.1, 0.15) is 5.56 Å². The highest BCUT2D eigenvalue weighted by molar-refractivity contribution is 5.87. The third-order valence-electron chi connectivity index (χ3n) is 1.69. The van der Waals surface area contributed by atoms with Gasteiger partial charge in [0.05, 0.1) is 12.5 Å². The fourth-order valence-electron chi connectivity index (χ4n) is 1.12. The van der Waals surface area contributed by atoms with Gasteiger partial charge in [-0.2, -0.15) is 0 Å². The molecule has 0 saturated heterocycles. The maximum absolute atomic E-state index is 8.28. The molecular weight excluding hydrogens is 154 g/mol. The Kier molecular flexibility index (Phi) is 1.55. The van der Waals surface area contributed by atoms with Gasteiger partial charge in [-0.15, -0.1) is 0 Å². The largest absolute Gasteiger partial charge is 0.464 e. The van der Waals surface area contributed by atoms with E-state index in [1.165, 1.54) is 6.21 Å². The minimum absolute atomic E-state index is 0.799. The van der Waals surface area contributed by atoms with E-state index >= 15 is 0 Å². The van der Waals surface area contributed by atoms with Crippen molar-refractivity contribution in [3.63, 3.8) is 0 Å². The number of furan rings is 1. The van der Waals surface area contributed by atoms with Crippen molar-refractivity contribution in [2.75, 3.05) is 0 Å². The van der Waals surface area contributed by atoms with Gasteiger partial charge in [-0.1, -0.05) is 17.3 Å². The van der Waals surface area contributed by atoms with Crippen LogP contribution in [0.3, 0.4) is 0 Å². The van der Waals surface area contributed by atoms with E-state index in [4.69, 9.17) is 9.62 Å². The van der Waals surface area contributed by atoms with E-state index in [-0.39, 0.29) is 0 Å². The molecule has 0 atom stereocenters. The first-order valence-electron chi connectivity index (χ1n) is 3.55. The minimum atomic E-state index is 0.799. The van der Waals surface area contributed by atoms with Gasteiger partial charge in [-0.3, -0.25) is 0 Å². The molecule has 3 nitrogen and oxygen atoms in total. The molecule has 1 aromatic heterocycles. The van der Waals surface area contributed by atoms with Gasteiger partial charge in [-0.25, -0.2) is 0 Å². The lowest BCUT2D eigenvalue weighted by Crippen LogP contribution is -1.78. The zero-order chi connectivity index (χ0) is 8.39. The van der Waals surface area contributed by atoms with E-state index in [9.17, 15) is 0 Å². The molecule has 2 rings (SSSR count). The Morgan fingerprint density at radius 3 is 3.08 bits per heavy atom. The zero-order valence-electron chi connectivity index (χ0n) is 6.27. The summed E-state index contributed by atoms with van der Waals surface area (Å²) in [6.07, 6.45) is 2.99. The van der Waals surface area contributed by atoms with Crippen LogP contribution in [-0.4, -0.2) is 11.4 Å². The highest BCUT2D eigenvalue weighted by atomic mass is 16.4. The molecule has 0 aliphatic rings. The second kappa shape index (κ2) is 2.70. The van der Waals surface area contributed by atoms with Crippen LogP contribution in [0.25, 0.3) is 11.0 Å². The summed E-state index contributed by atoms with van der Waals surface area (Å²) in [6.45, 7) is 0. The van der Waals surface area contributed by atoms with Crippen molar-refractivity contribution in [1.82, 2.24) is 0 Å². The van der Waals surface area contributed by atoms with Crippen LogP contribution in [0.2, 0.25) is 0 Å². The van der Waals surface area contributed by atoms with Crippen LogP contribution in [0, 0.1) is 0 Å². The quantitative estimate of drug-likeness (QED) is 0.396. The Bertz CT molecular complexity index is 417. The van der Waals surface area contributed by atoms with Crippen molar-refractivity contribution >= 4 is 17.2 Å². The van der Waals surface area contributed by atoms with E-state index in [0.717, 1.165) is 16.5 Å². The SMILES string of the molecule is O/N=C/c1ccc2ccoc2c1. The Labute approximate surface area is 68.9 Å². The highest BCUT2D eigenvalue weighted by Gasteiger charge is 1.96. The molecule has 1 heterocycles. The smallest absolute Gasteiger partial charge is 0.134 e. The third-order valence-corrected chi connectivity index (χ3v) is 1.69. The predicted octanol–water partition coefficient (Wildman–Crippen LogP) is 2.24. The molecule has 0 spiro atoms. The molecule has 0 saturated carbocycles. The molecule has 0 aliphatic heterocycles. The fraction of sp³-hybridized carbons (Fsp3) is 0. The van der Waals surface area contributed by atoms with Crippen molar-refractivity contribution < 1.29 is 9.62 Å². The molecule has 0 aliphatic carbocycles. The second-order valence-electron chi connectivity index (χ2n) is 2.46. The van der Waals surface area contributed by atoms with Gasteiger partial charge < -0.3 is 9.62 Å². The maximum atomic E-state index is 8.28. The average Bonchev–Trinajstić information content (AvgIpc) is 2.51. The van der Waals surface area contributed by atoms with Gasteiger partial charge in [0, 0.05) is 5.39 Å². The summed E-state index contributed by atoms with van der Waals surface area (Å²) in [5.41, 5.74) is 1.62. The summed E-state index contributed by atoms with van der Waals surface area (Å²) in [4.78, 5) is 0. The lowest BCUT2D eigenvalue weighted by atomic mass is 10.2. The number of rotatable bonds is 1. The molecule has 60 valence electrons. The first-order valence-corrected chi connectivity index (χ1v) is 3.55. The molecule has 0 fully saturated rings. The van der Waals surface area contributed by atoms with E-state index in [0.29, 0.717) is 0 Å². The minimum Gasteiger partial charge on any atom is -0.464 e. The van der Waals surface area contributed by atoms with Gasteiger partial charge in [0.2, 0.25) is 0 Å². The monoisotopic (exact) mass is 161 g/mol. The van der Waals surface area contributed by atoms with Gasteiger partial charge >= 0.3 is 0 Å². The van der Waals surface area contributed by atoms with Crippen LogP contribution in [-0.2, 0) is 0 Å². The van der Waals surface area contributed by atoms with E-state index in [1.807, 2.05) is 24.3 Å². The summed E-state index contributed by atoms with van der Waals surface area (Å²) < 4.78 is 5.16. The van der Waals surface area contributed by atoms with Crippen LogP contribution < -0.4 is 0 Å². The van der Waals surface area contributed by atoms with Crippen LogP contribution >= 0.6 is 0 Å². The Balaban J connectivity index is 2.60. The van der Waals surface area contributed by atoms with Crippen molar-refractivity contribution in [1.29, 1.82) is 0 Å². The molecule has 0 bridgehead atoms. The molecule has 2 aromatic rings. The van der Waals surface area contributed by atoms with Crippen LogP contribution in [0.5, 0.6) is 0 Å². The van der Waals surface area contributed by atoms with Crippen molar-refractivity contribution in [2.45, 2.75) is 0 Å². The van der Waals surface area contributed by atoms with E-state index < -0.39 is 0 Å². The van der Waals surface area contributed by atoms with Crippen molar-refractivity contribution in [3.8, 4) is 0 Å². The molecule has 0 amide bonds. The van der Waals surface area contributed by atoms with Gasteiger partial charge in [-0.05, 0) is 17.7 Å². The summed E-state index contributed by atoms with van der Waals surface area (Å²) in [5.74, 6) is 0. The van der Waals surface area contributed by atoms with Crippen molar-refractivity contribution in [2.24, 2.45) is 5.16 Å². The van der Waals surface area contributed by atoms with Crippen molar-refractivity contribution in [3.05, 3.63) is 36.1 Å². The Morgan fingerprint density at radius 1 is 1.33 bits per heavy atom. The summed E-state index contributed by atoms with van der Waals surface area (Å²) in [7, 11) is 0. The number of hydrogen-bond donors (Lipinski definition) is 1. The van der Waals surface area contributed by atoms with E-state index in [2.05, 4.69) is 5.16 Å². The van der Waals surface area contributed by atoms with E-state index in [1.54, 1.807) is 6.26 Å². The number of benzene rings is 1. The van der Waals surface area contributed by atoms with Gasteiger partial charge in [0.1, 0.15) is 5.58 Å². The average molecular weight is 161 g/mol. The maximum Gasteiger partial charge on any atom is 0.134 e. The molecule has 0 radical (unpaired) electrons. The molecule has 1 aromatic carbocycles. The fourth-order valence-corrected chi connectivity index (χ4v) is 1.12. The van der Waals surface area contributed by atoms with Crippen LogP contribution in [0.4, 0.5) is 0 Å². The van der Waals surface area contributed by atoms with Gasteiger partial charge in [0.25, 0.3) is 0 Å². The predicted molar refractivity (Wildman–Crippen MR) is 45.6 cm³/mol. The molecule has 0 unspecified atom stereocenters. The normalized spacial score (nSPS) is 11.3. The summed E-state index contributed by atoms with van der Waals surface area (Å²) in [5, 5.41) is 12.3. The third kappa shape index (κ3) is 1.05. The number of hydrogen-bond acceptors (Lipinski definition) is 3. The molecule has 3 heteroatoms. The lowest BCUT2D eigenvalue weighted by Gasteiger charge is -1.90. The topological polar surface area (TPSA) is 45.7 Å². The van der Waals surface area contributed by atoms with Crippen LogP contribution in [0.15, 0.2) is 40.1 Å². The lowest BCUT2D eigenvalue weighted by molar-refractivity contribution is 0.322. The summed E-state index contributed by atoms with van der Waals surface area (Å²) in [6, 6.07) is 7.47. The highest BCUT2D eigenvalue weighted by Crippen LogP contribution is 2.15. The Morgan fingerprint density at radius 2 is 2.25 bits per heavy atom. The first kappa shape index (κ1) is 6.91. The molecule has 12 heavy (non-hydrogen) atoms. The number of fused-ring (bicyclic) bond motifs is 1. The Hall–Kier alpha value is -1.77. The molecule has 1 N–H and O–H groups in total. The van der Waals surface area contributed by atoms with Gasteiger partial charge in [0.15, 0.2) is 0 Å². The zero-order valence-corrected chi connectivity index (χ0v) is 6.27. The second-order valence-corrected chi connectivity index (χ2v) is 2.46. The number of nitrogens with zero attached hydrogens (tertiary/aromatic N) is 1. The number of oxime groups is 1. The summed E-state index contributed by atoms with van der Waals surface area (Å²) >= 11 is 0. The molecular formula is C9H7NO2.